The standard InChI is InChI=1S/C33H33NO5S.C4H5N/c1-4-5-6-9-17-39-27-16-15-24(18-21(27)2)31-29(33(36)37)34-28(35)20-25(30(38-3)32(34)40-31)19-23-13-10-12-22-11-7-8-14-26(22)23;1-2-4-5-3-1/h7-8,10-16,18,20H,4-6,9,17,19H2,1-3H3,(H,36,37);1,3-4H,2H2/p-1. The van der Waals surface area contributed by atoms with Crippen LogP contribution in [-0.2, 0) is 6.42 Å². The maximum Gasteiger partial charge on any atom is 0.256 e. The lowest BCUT2D eigenvalue weighted by atomic mass is 9.98. The zero-order valence-electron chi connectivity index (χ0n) is 25.9. The number of allylic oxidation sites excluding steroid dienone is 1. The summed E-state index contributed by atoms with van der Waals surface area (Å²) in [5, 5.41) is 14.6. The molecular formula is C37H37N2O5S-. The molecule has 45 heavy (non-hydrogen) atoms. The molecule has 8 heteroatoms. The number of ether oxygens (including phenoxy) is 2. The summed E-state index contributed by atoms with van der Waals surface area (Å²) in [6, 6.07) is 21.2. The first-order chi connectivity index (χ1) is 21.9. The number of carboxylic acids is 1. The summed E-state index contributed by atoms with van der Waals surface area (Å²) in [4.78, 5) is 30.5. The van der Waals surface area contributed by atoms with Gasteiger partial charge >= 0.3 is 0 Å². The number of carbonyl (C=O) groups is 1. The Kier molecular flexibility index (Phi) is 10.5. The Labute approximate surface area is 267 Å². The summed E-state index contributed by atoms with van der Waals surface area (Å²) in [6.07, 6.45) is 11.7. The first kappa shape index (κ1) is 31.7. The predicted molar refractivity (Wildman–Crippen MR) is 181 cm³/mol. The van der Waals surface area contributed by atoms with Crippen LogP contribution in [0.3, 0.4) is 0 Å². The van der Waals surface area contributed by atoms with Crippen molar-refractivity contribution >= 4 is 39.1 Å². The number of hydrogen-bond donors (Lipinski definition) is 0. The number of carbonyl (C=O) groups excluding carboxylic acids is 1. The molecule has 6 rings (SSSR count). The molecule has 1 aliphatic rings. The van der Waals surface area contributed by atoms with E-state index in [0.717, 1.165) is 46.9 Å². The molecule has 0 unspecified atom stereocenters. The molecule has 0 N–H and O–H groups in total. The SMILES string of the molecule is C1=CN=CC1.CCCCCCOc1ccc(-c2sc3c(OC)c(Cc4cccc5ccccc45)cc(=O)n3c2C(=O)[O-])cc1C. The van der Waals surface area contributed by atoms with E-state index in [4.69, 9.17) is 9.47 Å². The van der Waals surface area contributed by atoms with Crippen LogP contribution in [0, 0.1) is 6.92 Å². The number of nitrogens with zero attached hydrogens (tertiary/aromatic N) is 2. The van der Waals surface area contributed by atoms with E-state index in [2.05, 4.69) is 30.1 Å². The molecule has 1 aliphatic heterocycles. The van der Waals surface area contributed by atoms with E-state index in [1.807, 2.05) is 61.7 Å². The Morgan fingerprint density at radius 2 is 1.84 bits per heavy atom. The number of benzene rings is 3. The topological polar surface area (TPSA) is 92.4 Å². The van der Waals surface area contributed by atoms with Crippen molar-refractivity contribution < 1.29 is 19.4 Å². The number of carboxylic acid groups (broad SMARTS) is 1. The van der Waals surface area contributed by atoms with Gasteiger partial charge in [-0.1, -0.05) is 74.7 Å². The molecule has 0 amide bonds. The molecule has 0 spiro atoms. The number of unbranched alkanes of at least 4 members (excludes halogenated alkanes) is 3. The van der Waals surface area contributed by atoms with E-state index in [1.54, 1.807) is 13.3 Å². The number of rotatable bonds is 11. The van der Waals surface area contributed by atoms with E-state index in [0.29, 0.717) is 39.6 Å². The summed E-state index contributed by atoms with van der Waals surface area (Å²) in [5.41, 5.74) is 2.72. The minimum Gasteiger partial charge on any atom is -0.543 e. The van der Waals surface area contributed by atoms with Crippen LogP contribution in [0.4, 0.5) is 0 Å². The molecule has 0 atom stereocenters. The maximum absolute atomic E-state index is 13.4. The van der Waals surface area contributed by atoms with Crippen LogP contribution in [0.2, 0.25) is 0 Å². The first-order valence-corrected chi connectivity index (χ1v) is 16.1. The van der Waals surface area contributed by atoms with Crippen LogP contribution in [0.25, 0.3) is 26.0 Å². The van der Waals surface area contributed by atoms with Crippen molar-refractivity contribution in [3.05, 3.63) is 112 Å². The Morgan fingerprint density at radius 3 is 2.53 bits per heavy atom. The molecule has 3 heterocycles. The molecule has 0 saturated carbocycles. The highest BCUT2D eigenvalue weighted by Gasteiger charge is 2.22. The summed E-state index contributed by atoms with van der Waals surface area (Å²) in [7, 11) is 1.54. The number of pyridine rings is 1. The first-order valence-electron chi connectivity index (χ1n) is 15.3. The van der Waals surface area contributed by atoms with Crippen molar-refractivity contribution in [2.45, 2.75) is 52.4 Å². The number of methoxy groups -OCH3 is 1. The molecule has 0 fully saturated rings. The Hall–Kier alpha value is -4.69. The van der Waals surface area contributed by atoms with Gasteiger partial charge in [0.1, 0.15) is 10.6 Å². The van der Waals surface area contributed by atoms with Crippen LogP contribution >= 0.6 is 11.3 Å². The van der Waals surface area contributed by atoms with Crippen molar-refractivity contribution in [1.29, 1.82) is 0 Å². The van der Waals surface area contributed by atoms with Crippen molar-refractivity contribution in [1.82, 2.24) is 4.40 Å². The largest absolute Gasteiger partial charge is 0.543 e. The molecule has 3 aromatic carbocycles. The second kappa shape index (κ2) is 14.9. The van der Waals surface area contributed by atoms with Gasteiger partial charge in [0.2, 0.25) is 0 Å². The third-order valence-corrected chi connectivity index (χ3v) is 8.93. The Bertz CT molecular complexity index is 1920. The minimum absolute atomic E-state index is 0.173. The number of aliphatic imine (C=N–C) groups is 1. The third kappa shape index (κ3) is 7.18. The van der Waals surface area contributed by atoms with Gasteiger partial charge in [0.15, 0.2) is 5.75 Å². The smallest absolute Gasteiger partial charge is 0.256 e. The number of aromatic carboxylic acids is 1. The summed E-state index contributed by atoms with van der Waals surface area (Å²) in [6.45, 7) is 4.75. The molecule has 0 aliphatic carbocycles. The fourth-order valence-electron chi connectivity index (χ4n) is 5.52. The van der Waals surface area contributed by atoms with Crippen molar-refractivity contribution in [2.75, 3.05) is 13.7 Å². The van der Waals surface area contributed by atoms with Crippen LogP contribution in [0.5, 0.6) is 11.5 Å². The van der Waals surface area contributed by atoms with Gasteiger partial charge in [0.05, 0.1) is 30.3 Å². The summed E-state index contributed by atoms with van der Waals surface area (Å²) >= 11 is 1.22. The zero-order valence-corrected chi connectivity index (χ0v) is 26.7. The Morgan fingerprint density at radius 1 is 1.02 bits per heavy atom. The second-order valence-corrected chi connectivity index (χ2v) is 11.9. The molecule has 0 radical (unpaired) electrons. The average Bonchev–Trinajstić information content (AvgIpc) is 3.75. The lowest BCUT2D eigenvalue weighted by Crippen LogP contribution is -2.28. The molecule has 5 aromatic rings. The van der Waals surface area contributed by atoms with Gasteiger partial charge in [-0.15, -0.1) is 11.3 Å². The van der Waals surface area contributed by atoms with Crippen LogP contribution in [0.1, 0.15) is 66.2 Å². The second-order valence-electron chi connectivity index (χ2n) is 10.9. The molecule has 0 saturated heterocycles. The van der Waals surface area contributed by atoms with Gasteiger partial charge < -0.3 is 19.4 Å². The highest BCUT2D eigenvalue weighted by Crippen LogP contribution is 2.39. The van der Waals surface area contributed by atoms with Gasteiger partial charge in [0, 0.05) is 36.9 Å². The molecule has 0 bridgehead atoms. The number of thiazole rings is 1. The van der Waals surface area contributed by atoms with E-state index in [1.165, 1.54) is 34.6 Å². The molecular weight excluding hydrogens is 584 g/mol. The van der Waals surface area contributed by atoms with Crippen LogP contribution in [0.15, 0.2) is 88.8 Å². The highest BCUT2D eigenvalue weighted by molar-refractivity contribution is 7.21. The lowest BCUT2D eigenvalue weighted by Gasteiger charge is -2.13. The minimum atomic E-state index is -1.42. The van der Waals surface area contributed by atoms with Crippen molar-refractivity contribution in [3.63, 3.8) is 0 Å². The Balaban J connectivity index is 0.000000729. The van der Waals surface area contributed by atoms with Gasteiger partial charge in [-0.3, -0.25) is 14.2 Å². The normalized spacial score (nSPS) is 12.0. The summed E-state index contributed by atoms with van der Waals surface area (Å²) < 4.78 is 13.0. The van der Waals surface area contributed by atoms with Crippen LogP contribution in [-0.4, -0.2) is 30.3 Å². The number of aryl methyl sites for hydroxylation is 1. The third-order valence-electron chi connectivity index (χ3n) is 7.73. The maximum atomic E-state index is 13.4. The van der Waals surface area contributed by atoms with Crippen molar-refractivity contribution in [3.8, 4) is 21.9 Å². The number of fused-ring (bicyclic) bond motifs is 2. The molecule has 232 valence electrons. The van der Waals surface area contributed by atoms with E-state index < -0.39 is 11.5 Å². The van der Waals surface area contributed by atoms with Gasteiger partial charge in [0.25, 0.3) is 5.56 Å². The van der Waals surface area contributed by atoms with Gasteiger partial charge in [-0.05, 0) is 59.0 Å². The van der Waals surface area contributed by atoms with E-state index in [-0.39, 0.29) is 5.69 Å². The lowest BCUT2D eigenvalue weighted by molar-refractivity contribution is -0.255. The van der Waals surface area contributed by atoms with Gasteiger partial charge in [-0.2, -0.15) is 0 Å². The van der Waals surface area contributed by atoms with E-state index in [9.17, 15) is 14.7 Å². The fourth-order valence-corrected chi connectivity index (χ4v) is 6.81. The van der Waals surface area contributed by atoms with Gasteiger partial charge in [-0.25, -0.2) is 0 Å². The number of hydrogen-bond acceptors (Lipinski definition) is 7. The average molecular weight is 622 g/mol. The predicted octanol–water partition coefficient (Wildman–Crippen LogP) is 7.39. The summed E-state index contributed by atoms with van der Waals surface area (Å²) in [5.74, 6) is -0.167. The molecule has 7 nitrogen and oxygen atoms in total. The zero-order chi connectivity index (χ0) is 31.8. The van der Waals surface area contributed by atoms with E-state index >= 15 is 0 Å². The fraction of sp³-hybridized carbons (Fsp3) is 0.270. The number of aromatic nitrogens is 1. The highest BCUT2D eigenvalue weighted by atomic mass is 32.1. The van der Waals surface area contributed by atoms with Crippen LogP contribution < -0.4 is 20.1 Å². The monoisotopic (exact) mass is 621 g/mol. The van der Waals surface area contributed by atoms with Crippen molar-refractivity contribution in [2.24, 2.45) is 4.99 Å². The molecule has 2 aromatic heterocycles. The quantitative estimate of drug-likeness (QED) is 0.144.